The van der Waals surface area contributed by atoms with E-state index in [2.05, 4.69) is 25.1 Å². The van der Waals surface area contributed by atoms with Gasteiger partial charge in [-0.2, -0.15) is 5.26 Å². The predicted molar refractivity (Wildman–Crippen MR) is 53.9 cm³/mol. The molecule has 72 valence electrons. The zero-order valence-electron chi connectivity index (χ0n) is 8.29. The van der Waals surface area contributed by atoms with Gasteiger partial charge in [-0.05, 0) is 18.1 Å². The smallest absolute Gasteiger partial charge is 0.0632 e. The molecule has 0 amide bonds. The Hall–Kier alpha value is -1.33. The Morgan fingerprint density at radius 3 is 2.64 bits per heavy atom. The van der Waals surface area contributed by atoms with Gasteiger partial charge in [0.1, 0.15) is 0 Å². The fourth-order valence-electron chi connectivity index (χ4n) is 2.02. The van der Waals surface area contributed by atoms with E-state index in [4.69, 9.17) is 10.00 Å². The monoisotopic (exact) mass is 187 g/mol. The van der Waals surface area contributed by atoms with Gasteiger partial charge in [0.15, 0.2) is 0 Å². The highest BCUT2D eigenvalue weighted by Crippen LogP contribution is 2.36. The Balaban J connectivity index is 2.37. The van der Waals surface area contributed by atoms with Crippen molar-refractivity contribution in [1.82, 2.24) is 0 Å². The quantitative estimate of drug-likeness (QED) is 0.711. The molecule has 2 nitrogen and oxygen atoms in total. The summed E-state index contributed by atoms with van der Waals surface area (Å²) in [6.07, 6.45) is 0.553. The van der Waals surface area contributed by atoms with E-state index in [1.807, 2.05) is 12.1 Å². The zero-order chi connectivity index (χ0) is 10.0. The van der Waals surface area contributed by atoms with E-state index >= 15 is 0 Å². The van der Waals surface area contributed by atoms with Crippen LogP contribution < -0.4 is 0 Å². The summed E-state index contributed by atoms with van der Waals surface area (Å²) in [6, 6.07) is 10.5. The van der Waals surface area contributed by atoms with Crippen LogP contribution in [0.4, 0.5) is 0 Å². The van der Waals surface area contributed by atoms with Crippen molar-refractivity contribution in [3.63, 3.8) is 0 Å². The first kappa shape index (κ1) is 9.23. The van der Waals surface area contributed by atoms with E-state index in [9.17, 15) is 0 Å². The molecule has 0 atom stereocenters. The van der Waals surface area contributed by atoms with E-state index in [-0.39, 0.29) is 5.41 Å². The molecule has 2 heteroatoms. The first-order chi connectivity index (χ1) is 6.78. The lowest BCUT2D eigenvalue weighted by atomic mass is 9.74. The fourth-order valence-corrected chi connectivity index (χ4v) is 2.02. The molecule has 1 heterocycles. The number of aryl methyl sites for hydroxylation is 1. The second-order valence-electron chi connectivity index (χ2n) is 3.92. The average molecular weight is 187 g/mol. The molecule has 0 radical (unpaired) electrons. The second kappa shape index (κ2) is 3.43. The van der Waals surface area contributed by atoms with Crippen LogP contribution in [-0.2, 0) is 10.2 Å². The molecule has 0 saturated carbocycles. The number of benzene rings is 1. The molecular weight excluding hydrogens is 174 g/mol. The molecule has 2 rings (SSSR count). The summed E-state index contributed by atoms with van der Waals surface area (Å²) in [5.74, 6) is 0. The molecule has 0 unspecified atom stereocenters. The summed E-state index contributed by atoms with van der Waals surface area (Å²) in [5, 5.41) is 8.81. The Labute approximate surface area is 84.1 Å². The van der Waals surface area contributed by atoms with E-state index in [1.165, 1.54) is 11.1 Å². The maximum Gasteiger partial charge on any atom is 0.0632 e. The van der Waals surface area contributed by atoms with Crippen LogP contribution in [0.3, 0.4) is 0 Å². The highest BCUT2D eigenvalue weighted by molar-refractivity contribution is 5.36. The highest BCUT2D eigenvalue weighted by atomic mass is 16.5. The Morgan fingerprint density at radius 1 is 1.43 bits per heavy atom. The molecule has 0 aliphatic carbocycles. The number of rotatable bonds is 2. The van der Waals surface area contributed by atoms with E-state index < -0.39 is 0 Å². The maximum atomic E-state index is 8.81. The molecule has 1 fully saturated rings. The van der Waals surface area contributed by atoms with Crippen molar-refractivity contribution in [3.8, 4) is 6.07 Å². The molecule has 0 bridgehead atoms. The van der Waals surface area contributed by atoms with E-state index in [0.717, 1.165) is 0 Å². The van der Waals surface area contributed by atoms with Gasteiger partial charge in [0.05, 0.1) is 24.7 Å². The van der Waals surface area contributed by atoms with Crippen molar-refractivity contribution >= 4 is 0 Å². The Morgan fingerprint density at radius 2 is 2.14 bits per heavy atom. The van der Waals surface area contributed by atoms with Crippen molar-refractivity contribution in [2.75, 3.05) is 13.2 Å². The van der Waals surface area contributed by atoms with Crippen molar-refractivity contribution in [1.29, 1.82) is 5.26 Å². The van der Waals surface area contributed by atoms with Gasteiger partial charge in [0.25, 0.3) is 0 Å². The van der Waals surface area contributed by atoms with Gasteiger partial charge in [0, 0.05) is 6.42 Å². The summed E-state index contributed by atoms with van der Waals surface area (Å²) in [7, 11) is 0. The second-order valence-corrected chi connectivity index (χ2v) is 3.92. The zero-order valence-corrected chi connectivity index (χ0v) is 8.29. The summed E-state index contributed by atoms with van der Waals surface area (Å²) >= 11 is 0. The molecule has 1 aliphatic rings. The molecule has 1 saturated heterocycles. The van der Waals surface area contributed by atoms with E-state index in [0.29, 0.717) is 19.6 Å². The molecular formula is C12H13NO. The lowest BCUT2D eigenvalue weighted by Gasteiger charge is -2.41. The highest BCUT2D eigenvalue weighted by Gasteiger charge is 2.40. The van der Waals surface area contributed by atoms with Crippen molar-refractivity contribution < 1.29 is 4.74 Å². The summed E-state index contributed by atoms with van der Waals surface area (Å²) in [6.45, 7) is 3.46. The topological polar surface area (TPSA) is 33.0 Å². The van der Waals surface area contributed by atoms with Gasteiger partial charge in [0.2, 0.25) is 0 Å². The fraction of sp³-hybridized carbons (Fsp3) is 0.417. The SMILES string of the molecule is Cc1ccccc1C1(CC#N)COC1. The lowest BCUT2D eigenvalue weighted by molar-refractivity contribution is -0.0580. The minimum Gasteiger partial charge on any atom is -0.379 e. The summed E-state index contributed by atoms with van der Waals surface area (Å²) < 4.78 is 5.25. The molecule has 0 aromatic heterocycles. The first-order valence-corrected chi connectivity index (χ1v) is 4.79. The summed E-state index contributed by atoms with van der Waals surface area (Å²) in [5.41, 5.74) is 2.50. The third-order valence-corrected chi connectivity index (χ3v) is 2.89. The third-order valence-electron chi connectivity index (χ3n) is 2.89. The van der Waals surface area contributed by atoms with Gasteiger partial charge >= 0.3 is 0 Å². The molecule has 0 spiro atoms. The summed E-state index contributed by atoms with van der Waals surface area (Å²) in [4.78, 5) is 0. The number of nitrogens with zero attached hydrogens (tertiary/aromatic N) is 1. The van der Waals surface area contributed by atoms with Crippen LogP contribution in [0, 0.1) is 18.3 Å². The van der Waals surface area contributed by atoms with E-state index in [1.54, 1.807) is 0 Å². The van der Waals surface area contributed by atoms with Crippen LogP contribution in [0.25, 0.3) is 0 Å². The third kappa shape index (κ3) is 1.30. The molecule has 0 N–H and O–H groups in total. The van der Waals surface area contributed by atoms with Crippen LogP contribution in [0.15, 0.2) is 24.3 Å². The number of hydrogen-bond acceptors (Lipinski definition) is 2. The largest absolute Gasteiger partial charge is 0.379 e. The van der Waals surface area contributed by atoms with Crippen molar-refractivity contribution in [2.24, 2.45) is 0 Å². The van der Waals surface area contributed by atoms with Crippen LogP contribution in [0.1, 0.15) is 17.5 Å². The average Bonchev–Trinajstić information content (AvgIpc) is 2.13. The standard InChI is InChI=1S/C12H13NO/c1-10-4-2-3-5-11(10)12(6-7-13)8-14-9-12/h2-5H,6,8-9H2,1H3. The van der Waals surface area contributed by atoms with Gasteiger partial charge in [-0.25, -0.2) is 0 Å². The van der Waals surface area contributed by atoms with Gasteiger partial charge in [-0.3, -0.25) is 0 Å². The normalized spacial score (nSPS) is 18.3. The molecule has 1 aromatic rings. The van der Waals surface area contributed by atoms with Crippen LogP contribution >= 0.6 is 0 Å². The molecule has 14 heavy (non-hydrogen) atoms. The molecule has 1 aliphatic heterocycles. The minimum absolute atomic E-state index is 0.0277. The predicted octanol–water partition coefficient (Wildman–Crippen LogP) is 2.18. The first-order valence-electron chi connectivity index (χ1n) is 4.79. The van der Waals surface area contributed by atoms with Gasteiger partial charge < -0.3 is 4.74 Å². The Kier molecular flexibility index (Phi) is 2.26. The van der Waals surface area contributed by atoms with Gasteiger partial charge in [-0.1, -0.05) is 24.3 Å². The number of hydrogen-bond donors (Lipinski definition) is 0. The van der Waals surface area contributed by atoms with Crippen molar-refractivity contribution in [2.45, 2.75) is 18.8 Å². The van der Waals surface area contributed by atoms with Crippen LogP contribution in [0.2, 0.25) is 0 Å². The van der Waals surface area contributed by atoms with Crippen molar-refractivity contribution in [3.05, 3.63) is 35.4 Å². The van der Waals surface area contributed by atoms with Gasteiger partial charge in [-0.15, -0.1) is 0 Å². The number of ether oxygens (including phenoxy) is 1. The Bertz CT molecular complexity index is 374. The van der Waals surface area contributed by atoms with Crippen LogP contribution in [0.5, 0.6) is 0 Å². The maximum absolute atomic E-state index is 8.81. The van der Waals surface area contributed by atoms with Crippen LogP contribution in [-0.4, -0.2) is 13.2 Å². The minimum atomic E-state index is -0.0277. The number of nitriles is 1. The lowest BCUT2D eigenvalue weighted by Crippen LogP contribution is -2.46. The molecule has 1 aromatic carbocycles.